The van der Waals surface area contributed by atoms with Gasteiger partial charge in [-0.05, 0) is 30.5 Å². The molecule has 7 heterocycles. The van der Waals surface area contributed by atoms with Gasteiger partial charge in [0.1, 0.15) is 35.8 Å². The highest BCUT2D eigenvalue weighted by atomic mass is 32.7. The smallest absolute Gasteiger partial charge is 0.409 e. The summed E-state index contributed by atoms with van der Waals surface area (Å²) in [5, 5.41) is -0.252. The fourth-order valence-corrected chi connectivity index (χ4v) is 12.0. The van der Waals surface area contributed by atoms with Gasteiger partial charge in [-0.3, -0.25) is 32.4 Å². The Morgan fingerprint density at radius 1 is 1.02 bits per heavy atom. The lowest BCUT2D eigenvalue weighted by atomic mass is 10.0. The summed E-state index contributed by atoms with van der Waals surface area (Å²) in [5.74, 6) is -0.251. The van der Waals surface area contributed by atoms with E-state index in [1.165, 1.54) is 17.2 Å². The van der Waals surface area contributed by atoms with E-state index < -0.39 is 82.8 Å². The molecular weight excluding hydrogens is 786 g/mol. The standard InChI is InChI=1S/C29H40N10O11P2SSi/c1-27(2,3)54(4,5)50-17-16(38-11-34-14-21(30)32-10-33-22(14)38)13-6-28(13)7-45-51(41,42)48-20-18-25(39-12-35-15-23(39)36-26(31)37-24(15)40)47-29(20,8-44-18)9-46-52(43,53)49-19(17)28/h10-13,16-20,25H,6-9H2,1-5H3,(H,41,42)(H,43,53)(H2,30,32,33)(H3,31,36,37,40)/t13-,16-,17+,18-,19+,20+,25-,28+,29-,52?/m1/s1. The molecule has 3 saturated heterocycles. The summed E-state index contributed by atoms with van der Waals surface area (Å²) >= 11 is 4.46. The Hall–Kier alpha value is -2.79. The number of imidazole rings is 2. The fraction of sp³-hybridized carbons (Fsp3) is 0.655. The number of aromatic amines is 1. The van der Waals surface area contributed by atoms with E-state index in [9.17, 15) is 18.8 Å². The predicted octanol–water partition coefficient (Wildman–Crippen LogP) is 2.70. The van der Waals surface area contributed by atoms with Crippen molar-refractivity contribution in [3.8, 4) is 0 Å². The molecule has 6 N–H and O–H groups in total. The van der Waals surface area contributed by atoms with Gasteiger partial charge in [-0.25, -0.2) is 29.1 Å². The molecule has 2 bridgehead atoms. The van der Waals surface area contributed by atoms with Gasteiger partial charge in [-0.2, -0.15) is 4.98 Å². The third kappa shape index (κ3) is 5.58. The Kier molecular flexibility index (Phi) is 8.09. The fourth-order valence-electron chi connectivity index (χ4n) is 8.12. The zero-order chi connectivity index (χ0) is 38.4. The van der Waals surface area contributed by atoms with Gasteiger partial charge in [0.05, 0.1) is 44.6 Å². The van der Waals surface area contributed by atoms with Crippen LogP contribution >= 0.6 is 26.9 Å². The van der Waals surface area contributed by atoms with E-state index in [2.05, 4.69) is 76.0 Å². The third-order valence-electron chi connectivity index (χ3n) is 11.9. The summed E-state index contributed by atoms with van der Waals surface area (Å²) in [6.45, 7) is 5.12. The van der Waals surface area contributed by atoms with E-state index in [4.69, 9.17) is 43.5 Å². The maximum atomic E-state index is 14.4. The topological polar surface area (TPSA) is 278 Å². The maximum Gasteiger partial charge on any atom is 0.472 e. The van der Waals surface area contributed by atoms with Gasteiger partial charge in [0.2, 0.25) is 5.95 Å². The summed E-state index contributed by atoms with van der Waals surface area (Å²) in [6.07, 6.45) is -0.547. The molecule has 9 rings (SSSR count). The summed E-state index contributed by atoms with van der Waals surface area (Å²) in [5.41, 5.74) is 9.68. The first kappa shape index (κ1) is 36.8. The highest BCUT2D eigenvalue weighted by Gasteiger charge is 2.75. The van der Waals surface area contributed by atoms with Crippen molar-refractivity contribution >= 4 is 69.3 Å². The largest absolute Gasteiger partial charge is 0.472 e. The number of aromatic nitrogens is 8. The Labute approximate surface area is 313 Å². The van der Waals surface area contributed by atoms with Crippen molar-refractivity contribution in [1.82, 2.24) is 39.0 Å². The van der Waals surface area contributed by atoms with Crippen molar-refractivity contribution in [2.75, 3.05) is 31.3 Å². The number of rotatable bonds is 4. The number of nitrogens with zero attached hydrogens (tertiary/aromatic N) is 7. The number of phosphoric ester groups is 1. The summed E-state index contributed by atoms with van der Waals surface area (Å²) < 4.78 is 75.4. The van der Waals surface area contributed by atoms with E-state index in [1.54, 1.807) is 6.33 Å². The second kappa shape index (κ2) is 11.9. The molecule has 5 fully saturated rings. The zero-order valence-corrected chi connectivity index (χ0v) is 33.4. The number of H-pyrrole nitrogens is 1. The molecule has 2 saturated carbocycles. The van der Waals surface area contributed by atoms with Crippen LogP contribution in [-0.2, 0) is 41.1 Å². The number of thiol groups is 1. The first-order valence-electron chi connectivity index (χ1n) is 17.2. The quantitative estimate of drug-likeness (QED) is 0.112. The summed E-state index contributed by atoms with van der Waals surface area (Å²) in [7, 11) is -7.49. The van der Waals surface area contributed by atoms with Crippen molar-refractivity contribution in [3.05, 3.63) is 29.3 Å². The normalized spacial score (nSPS) is 39.6. The van der Waals surface area contributed by atoms with Crippen LogP contribution in [0.3, 0.4) is 0 Å². The highest BCUT2D eigenvalue weighted by Crippen LogP contribution is 2.74. The van der Waals surface area contributed by atoms with Crippen LogP contribution in [0, 0.1) is 11.3 Å². The number of anilines is 2. The van der Waals surface area contributed by atoms with Gasteiger partial charge in [0, 0.05) is 5.41 Å². The molecule has 4 aromatic rings. The molecule has 0 aromatic carbocycles. The number of nitrogens with one attached hydrogen (secondary N) is 1. The van der Waals surface area contributed by atoms with Gasteiger partial charge in [-0.1, -0.05) is 33.0 Å². The second-order valence-electron chi connectivity index (χ2n) is 16.1. The van der Waals surface area contributed by atoms with Crippen LogP contribution in [-0.4, -0.2) is 102 Å². The molecule has 0 radical (unpaired) electrons. The molecule has 3 aliphatic heterocycles. The minimum absolute atomic E-state index is 0.0224. The van der Waals surface area contributed by atoms with Gasteiger partial charge in [0.15, 0.2) is 37.2 Å². The van der Waals surface area contributed by atoms with Crippen LogP contribution in [0.15, 0.2) is 23.8 Å². The van der Waals surface area contributed by atoms with Crippen LogP contribution < -0.4 is 17.0 Å². The van der Waals surface area contributed by atoms with Crippen molar-refractivity contribution in [2.45, 2.75) is 87.6 Å². The Bertz CT molecular complexity index is 2360. The maximum absolute atomic E-state index is 14.4. The average molecular weight is 827 g/mol. The Morgan fingerprint density at radius 2 is 1.76 bits per heavy atom. The van der Waals surface area contributed by atoms with Gasteiger partial charge >= 0.3 is 14.6 Å². The molecule has 21 nitrogen and oxygen atoms in total. The third-order valence-corrected chi connectivity index (χ3v) is 18.9. The lowest BCUT2D eigenvalue weighted by Gasteiger charge is -2.43. The molecule has 292 valence electrons. The molecule has 4 aromatic heterocycles. The Balaban J connectivity index is 1.10. The SMILES string of the molecule is CC(C)(C)[Si](C)(C)O[C@H]1[C@H](n2cnc3c(N)ncnc32)[C@H]2C[C@]23COP(=O)(O)O[C@H]2[C@H]4OC[C@]2(COP(=O)(S)O[C@@H]13)O[C@H]4n1cnc2c(=O)[nH]c(N)nc21. The van der Waals surface area contributed by atoms with E-state index in [1.807, 2.05) is 4.57 Å². The van der Waals surface area contributed by atoms with Gasteiger partial charge in [-0.15, -0.1) is 0 Å². The first-order chi connectivity index (χ1) is 25.2. The van der Waals surface area contributed by atoms with Crippen LogP contribution in [0.1, 0.15) is 39.5 Å². The molecule has 5 aliphatic rings. The lowest BCUT2D eigenvalue weighted by molar-refractivity contribution is -0.183. The molecule has 2 aliphatic carbocycles. The van der Waals surface area contributed by atoms with E-state index >= 15 is 0 Å². The van der Waals surface area contributed by atoms with Crippen LogP contribution in [0.25, 0.3) is 22.3 Å². The average Bonchev–Trinajstić information content (AvgIpc) is 3.49. The number of ether oxygens (including phenoxy) is 2. The van der Waals surface area contributed by atoms with Crippen molar-refractivity contribution in [2.24, 2.45) is 11.3 Å². The minimum Gasteiger partial charge on any atom is -0.409 e. The van der Waals surface area contributed by atoms with Crippen LogP contribution in [0.5, 0.6) is 0 Å². The molecular formula is C29H40N10O11P2SSi. The number of fused-ring (bicyclic) bond motifs is 2. The van der Waals surface area contributed by atoms with Crippen molar-refractivity contribution < 1.29 is 46.0 Å². The van der Waals surface area contributed by atoms with Crippen molar-refractivity contribution in [3.63, 3.8) is 0 Å². The monoisotopic (exact) mass is 826 g/mol. The van der Waals surface area contributed by atoms with E-state index in [0.29, 0.717) is 17.6 Å². The van der Waals surface area contributed by atoms with Crippen molar-refractivity contribution in [1.29, 1.82) is 0 Å². The summed E-state index contributed by atoms with van der Waals surface area (Å²) in [4.78, 5) is 47.6. The number of phosphoric acid groups is 1. The number of nitrogens with two attached hydrogens (primary N) is 2. The molecule has 11 atom stereocenters. The van der Waals surface area contributed by atoms with Gasteiger partial charge in [0.25, 0.3) is 5.56 Å². The molecule has 1 spiro atoms. The van der Waals surface area contributed by atoms with Crippen LogP contribution in [0.4, 0.5) is 11.8 Å². The number of hydrogen-bond donors (Lipinski definition) is 5. The number of nitrogen functional groups attached to an aromatic ring is 2. The molecule has 0 amide bonds. The first-order valence-corrected chi connectivity index (χ1v) is 24.3. The lowest BCUT2D eigenvalue weighted by Crippen LogP contribution is -2.50. The molecule has 25 heteroatoms. The second-order valence-corrected chi connectivity index (χ2v) is 25.2. The predicted molar refractivity (Wildman–Crippen MR) is 195 cm³/mol. The molecule has 2 unspecified atom stereocenters. The van der Waals surface area contributed by atoms with Gasteiger partial charge < -0.3 is 34.8 Å². The van der Waals surface area contributed by atoms with Crippen LogP contribution in [0.2, 0.25) is 18.1 Å². The molecule has 54 heavy (non-hydrogen) atoms. The summed E-state index contributed by atoms with van der Waals surface area (Å²) in [6, 6.07) is -0.504. The number of hydrogen-bond acceptors (Lipinski definition) is 17. The van der Waals surface area contributed by atoms with E-state index in [0.717, 1.165) is 0 Å². The highest BCUT2D eigenvalue weighted by molar-refractivity contribution is 8.44. The minimum atomic E-state index is -4.89. The zero-order valence-electron chi connectivity index (χ0n) is 29.8. The Morgan fingerprint density at radius 3 is 2.52 bits per heavy atom. The van der Waals surface area contributed by atoms with E-state index in [-0.39, 0.29) is 47.1 Å².